The third kappa shape index (κ3) is 7.31. The van der Waals surface area contributed by atoms with Crippen molar-refractivity contribution in [3.63, 3.8) is 0 Å². The Bertz CT molecular complexity index is 902. The van der Waals surface area contributed by atoms with Gasteiger partial charge in [0.2, 0.25) is 0 Å². The molecule has 0 atom stereocenters. The standard InChI is InChI=1S/C19H24ClN3O2S.HI/c1-14-12-15(8-9-18(14)26(3,24)25)13-23-19(21-2)22-11-10-16-6-4-5-7-17(16)20;/h4-9,12H,10-11,13H2,1-3H3,(H2,21,22,23);1H. The van der Waals surface area contributed by atoms with Crippen LogP contribution in [0.1, 0.15) is 16.7 Å². The molecule has 0 unspecified atom stereocenters. The van der Waals surface area contributed by atoms with E-state index in [0.717, 1.165) is 28.1 Å². The zero-order valence-corrected chi connectivity index (χ0v) is 19.5. The molecule has 2 N–H and O–H groups in total. The number of hydrogen-bond donors (Lipinski definition) is 2. The van der Waals surface area contributed by atoms with Gasteiger partial charge in [-0.25, -0.2) is 8.42 Å². The lowest BCUT2D eigenvalue weighted by Gasteiger charge is -2.13. The molecule has 0 aromatic heterocycles. The highest BCUT2D eigenvalue weighted by molar-refractivity contribution is 14.0. The van der Waals surface area contributed by atoms with Crippen LogP contribution < -0.4 is 10.6 Å². The monoisotopic (exact) mass is 521 g/mol. The van der Waals surface area contributed by atoms with Gasteiger partial charge in [-0.3, -0.25) is 4.99 Å². The first kappa shape index (κ1) is 23.7. The summed E-state index contributed by atoms with van der Waals surface area (Å²) in [5.41, 5.74) is 2.82. The lowest BCUT2D eigenvalue weighted by Crippen LogP contribution is -2.37. The Morgan fingerprint density at radius 3 is 2.44 bits per heavy atom. The Morgan fingerprint density at radius 2 is 1.85 bits per heavy atom. The van der Waals surface area contributed by atoms with Crippen molar-refractivity contribution in [2.45, 2.75) is 24.8 Å². The molecule has 5 nitrogen and oxygen atoms in total. The van der Waals surface area contributed by atoms with Crippen molar-refractivity contribution in [2.24, 2.45) is 4.99 Å². The Kier molecular flexibility index (Phi) is 9.55. The smallest absolute Gasteiger partial charge is 0.191 e. The summed E-state index contributed by atoms with van der Waals surface area (Å²) in [6.45, 7) is 3.06. The number of sulfone groups is 1. The molecule has 0 saturated carbocycles. The number of nitrogens with one attached hydrogen (secondary N) is 2. The zero-order valence-electron chi connectivity index (χ0n) is 15.6. The fraction of sp³-hybridized carbons (Fsp3) is 0.316. The Hall–Kier alpha value is -1.32. The quantitative estimate of drug-likeness (QED) is 0.346. The van der Waals surface area contributed by atoms with E-state index in [2.05, 4.69) is 15.6 Å². The number of aryl methyl sites for hydroxylation is 1. The Morgan fingerprint density at radius 1 is 1.15 bits per heavy atom. The van der Waals surface area contributed by atoms with Gasteiger partial charge in [-0.15, -0.1) is 24.0 Å². The summed E-state index contributed by atoms with van der Waals surface area (Å²) in [6, 6.07) is 13.1. The molecule has 2 aromatic rings. The van der Waals surface area contributed by atoms with Crippen LogP contribution in [0.15, 0.2) is 52.4 Å². The SMILES string of the molecule is CN=C(NCCc1ccccc1Cl)NCc1ccc(S(C)(=O)=O)c(C)c1.I. The van der Waals surface area contributed by atoms with Crippen LogP contribution in [-0.4, -0.2) is 34.2 Å². The highest BCUT2D eigenvalue weighted by Gasteiger charge is 2.11. The van der Waals surface area contributed by atoms with Crippen molar-refractivity contribution in [1.29, 1.82) is 0 Å². The summed E-state index contributed by atoms with van der Waals surface area (Å²) in [7, 11) is -1.48. The molecule has 0 fully saturated rings. The number of rotatable bonds is 6. The van der Waals surface area contributed by atoms with E-state index in [0.29, 0.717) is 23.9 Å². The van der Waals surface area contributed by atoms with Gasteiger partial charge in [-0.1, -0.05) is 41.9 Å². The maximum atomic E-state index is 11.7. The number of benzene rings is 2. The third-order valence-electron chi connectivity index (χ3n) is 3.97. The Balaban J connectivity index is 0.00000364. The molecule has 148 valence electrons. The van der Waals surface area contributed by atoms with E-state index in [1.807, 2.05) is 36.4 Å². The summed E-state index contributed by atoms with van der Waals surface area (Å²) in [5, 5.41) is 7.24. The van der Waals surface area contributed by atoms with Gasteiger partial charge in [0.15, 0.2) is 15.8 Å². The highest BCUT2D eigenvalue weighted by atomic mass is 127. The number of halogens is 2. The summed E-state index contributed by atoms with van der Waals surface area (Å²) in [6.07, 6.45) is 2.01. The van der Waals surface area contributed by atoms with Crippen LogP contribution in [0.4, 0.5) is 0 Å². The van der Waals surface area contributed by atoms with Crippen LogP contribution in [0.5, 0.6) is 0 Å². The molecule has 8 heteroatoms. The fourth-order valence-electron chi connectivity index (χ4n) is 2.66. The molecule has 0 aliphatic heterocycles. The van der Waals surface area contributed by atoms with E-state index in [1.54, 1.807) is 20.0 Å². The number of guanidine groups is 1. The maximum absolute atomic E-state index is 11.7. The van der Waals surface area contributed by atoms with E-state index < -0.39 is 9.84 Å². The Labute approximate surface area is 183 Å². The maximum Gasteiger partial charge on any atom is 0.191 e. The van der Waals surface area contributed by atoms with Crippen LogP contribution in [0.2, 0.25) is 5.02 Å². The molecule has 2 aromatic carbocycles. The van der Waals surface area contributed by atoms with Crippen molar-refractivity contribution >= 4 is 51.4 Å². The molecule has 0 radical (unpaired) electrons. The fourth-order valence-corrected chi connectivity index (χ4v) is 3.85. The molecule has 0 amide bonds. The van der Waals surface area contributed by atoms with Gasteiger partial charge in [0.05, 0.1) is 4.90 Å². The molecule has 0 heterocycles. The van der Waals surface area contributed by atoms with Gasteiger partial charge in [-0.05, 0) is 42.2 Å². The molecular formula is C19H25ClIN3O2S. The van der Waals surface area contributed by atoms with Crippen molar-refractivity contribution in [2.75, 3.05) is 19.8 Å². The average Bonchev–Trinajstić information content (AvgIpc) is 2.58. The van der Waals surface area contributed by atoms with E-state index >= 15 is 0 Å². The molecule has 0 bridgehead atoms. The minimum absolute atomic E-state index is 0. The molecule has 2 rings (SSSR count). The number of nitrogens with zero attached hydrogens (tertiary/aromatic N) is 1. The number of hydrogen-bond acceptors (Lipinski definition) is 3. The first-order chi connectivity index (χ1) is 12.3. The minimum Gasteiger partial charge on any atom is -0.356 e. The molecule has 0 saturated heterocycles. The van der Waals surface area contributed by atoms with Gasteiger partial charge < -0.3 is 10.6 Å². The van der Waals surface area contributed by atoms with Crippen molar-refractivity contribution < 1.29 is 8.42 Å². The molecule has 0 aliphatic rings. The second kappa shape index (κ2) is 10.9. The van der Waals surface area contributed by atoms with Gasteiger partial charge in [0.1, 0.15) is 0 Å². The van der Waals surface area contributed by atoms with E-state index in [9.17, 15) is 8.42 Å². The highest BCUT2D eigenvalue weighted by Crippen LogP contribution is 2.17. The molecule has 27 heavy (non-hydrogen) atoms. The normalized spacial score (nSPS) is 11.6. The largest absolute Gasteiger partial charge is 0.356 e. The summed E-state index contributed by atoms with van der Waals surface area (Å²) in [5.74, 6) is 0.682. The molecular weight excluding hydrogens is 497 g/mol. The number of aliphatic imine (C=N–C) groups is 1. The predicted octanol–water partition coefficient (Wildman–Crippen LogP) is 3.58. The van der Waals surface area contributed by atoms with E-state index in [-0.39, 0.29) is 24.0 Å². The summed E-state index contributed by atoms with van der Waals surface area (Å²) in [4.78, 5) is 4.57. The average molecular weight is 522 g/mol. The van der Waals surface area contributed by atoms with Crippen LogP contribution in [0.3, 0.4) is 0 Å². The predicted molar refractivity (Wildman–Crippen MR) is 123 cm³/mol. The second-order valence-corrected chi connectivity index (χ2v) is 8.46. The van der Waals surface area contributed by atoms with Gasteiger partial charge >= 0.3 is 0 Å². The minimum atomic E-state index is -3.20. The first-order valence-corrected chi connectivity index (χ1v) is 10.6. The van der Waals surface area contributed by atoms with E-state index in [1.165, 1.54) is 6.26 Å². The zero-order chi connectivity index (χ0) is 19.2. The van der Waals surface area contributed by atoms with Crippen LogP contribution in [0, 0.1) is 6.92 Å². The van der Waals surface area contributed by atoms with Gasteiger partial charge in [0.25, 0.3) is 0 Å². The lowest BCUT2D eigenvalue weighted by molar-refractivity contribution is 0.601. The van der Waals surface area contributed by atoms with Gasteiger partial charge in [-0.2, -0.15) is 0 Å². The molecule has 0 spiro atoms. The first-order valence-electron chi connectivity index (χ1n) is 8.29. The summed E-state index contributed by atoms with van der Waals surface area (Å²) < 4.78 is 23.4. The van der Waals surface area contributed by atoms with E-state index in [4.69, 9.17) is 11.6 Å². The molecule has 0 aliphatic carbocycles. The topological polar surface area (TPSA) is 70.6 Å². The van der Waals surface area contributed by atoms with Crippen LogP contribution >= 0.6 is 35.6 Å². The second-order valence-electron chi connectivity index (χ2n) is 6.07. The van der Waals surface area contributed by atoms with Crippen LogP contribution in [0.25, 0.3) is 0 Å². The van der Waals surface area contributed by atoms with Crippen molar-refractivity contribution in [1.82, 2.24) is 10.6 Å². The third-order valence-corrected chi connectivity index (χ3v) is 5.59. The van der Waals surface area contributed by atoms with Crippen molar-refractivity contribution in [3.05, 3.63) is 64.2 Å². The summed E-state index contributed by atoms with van der Waals surface area (Å²) >= 11 is 6.16. The van der Waals surface area contributed by atoms with Crippen molar-refractivity contribution in [3.8, 4) is 0 Å². The lowest BCUT2D eigenvalue weighted by atomic mass is 10.1. The van der Waals surface area contributed by atoms with Gasteiger partial charge in [0, 0.05) is 31.4 Å². The van der Waals surface area contributed by atoms with Crippen LogP contribution in [-0.2, 0) is 22.8 Å².